The molecule has 1 saturated carbocycles. The molecule has 24 heavy (non-hydrogen) atoms. The zero-order valence-corrected chi connectivity index (χ0v) is 14.2. The van der Waals surface area contributed by atoms with Crippen molar-refractivity contribution < 1.29 is 14.6 Å². The molecule has 0 spiro atoms. The molecule has 1 amide bonds. The minimum Gasteiger partial charge on any atom is -0.471 e. The highest BCUT2D eigenvalue weighted by Crippen LogP contribution is 2.33. The average Bonchev–Trinajstić information content (AvgIpc) is 3.19. The minimum absolute atomic E-state index is 0.0354. The molecule has 3 heterocycles. The van der Waals surface area contributed by atoms with Gasteiger partial charge >= 0.3 is 0 Å². The van der Waals surface area contributed by atoms with E-state index < -0.39 is 6.10 Å². The van der Waals surface area contributed by atoms with Crippen LogP contribution in [-0.4, -0.2) is 33.1 Å². The number of hydrogen-bond donors (Lipinski definition) is 1. The molecule has 0 radical (unpaired) electrons. The van der Waals surface area contributed by atoms with Gasteiger partial charge in [0.25, 0.3) is 5.91 Å². The summed E-state index contributed by atoms with van der Waals surface area (Å²) in [5, 5.41) is 12.1. The highest BCUT2D eigenvalue weighted by molar-refractivity contribution is 7.09. The highest BCUT2D eigenvalue weighted by atomic mass is 32.1. The van der Waals surface area contributed by atoms with Crippen LogP contribution in [-0.2, 0) is 13.1 Å². The van der Waals surface area contributed by atoms with Gasteiger partial charge in [-0.3, -0.25) is 4.79 Å². The van der Waals surface area contributed by atoms with Crippen molar-refractivity contribution in [1.29, 1.82) is 0 Å². The van der Waals surface area contributed by atoms with Gasteiger partial charge in [-0.05, 0) is 42.3 Å². The van der Waals surface area contributed by atoms with Gasteiger partial charge in [-0.25, -0.2) is 4.98 Å². The number of carbonyl (C=O) groups excluding carboxylic acids is 1. The monoisotopic (exact) mass is 344 g/mol. The molecular formula is C18H20N2O3S. The van der Waals surface area contributed by atoms with E-state index in [2.05, 4.69) is 4.98 Å². The molecule has 0 saturated heterocycles. The van der Waals surface area contributed by atoms with Gasteiger partial charge in [-0.2, -0.15) is 0 Å². The maximum atomic E-state index is 12.8. The number of aliphatic hydroxyl groups is 1. The van der Waals surface area contributed by atoms with Gasteiger partial charge in [0.05, 0.1) is 12.6 Å². The fraction of sp³-hybridized carbons (Fsp3) is 0.444. The van der Waals surface area contributed by atoms with E-state index in [1.807, 2.05) is 28.5 Å². The molecule has 1 aliphatic heterocycles. The molecule has 126 valence electrons. The summed E-state index contributed by atoms with van der Waals surface area (Å²) in [5.41, 5.74) is 1.51. The lowest BCUT2D eigenvalue weighted by Gasteiger charge is -2.28. The van der Waals surface area contributed by atoms with E-state index in [1.165, 1.54) is 0 Å². The Hall–Kier alpha value is -1.92. The maximum absolute atomic E-state index is 12.8. The van der Waals surface area contributed by atoms with Gasteiger partial charge in [-0.1, -0.05) is 12.5 Å². The summed E-state index contributed by atoms with van der Waals surface area (Å²) in [4.78, 5) is 20.1. The summed E-state index contributed by atoms with van der Waals surface area (Å²) in [5.74, 6) is 0.337. The van der Waals surface area contributed by atoms with E-state index in [0.29, 0.717) is 24.5 Å². The molecule has 1 aliphatic carbocycles. The molecular weight excluding hydrogens is 324 g/mol. The molecule has 2 aromatic rings. The van der Waals surface area contributed by atoms with Crippen molar-refractivity contribution in [2.75, 3.05) is 0 Å². The lowest BCUT2D eigenvalue weighted by atomic mass is 9.95. The molecule has 1 N–H and O–H groups in total. The van der Waals surface area contributed by atoms with E-state index in [4.69, 9.17) is 4.74 Å². The number of amides is 1. The Balaban J connectivity index is 1.55. The van der Waals surface area contributed by atoms with Gasteiger partial charge in [0.2, 0.25) is 5.88 Å². The summed E-state index contributed by atoms with van der Waals surface area (Å²) in [6.07, 6.45) is 4.56. The van der Waals surface area contributed by atoms with Crippen molar-refractivity contribution in [2.45, 2.75) is 51.0 Å². The highest BCUT2D eigenvalue weighted by Gasteiger charge is 2.34. The smallest absolute Gasteiger partial charge is 0.260 e. The van der Waals surface area contributed by atoms with Gasteiger partial charge < -0.3 is 14.7 Å². The largest absolute Gasteiger partial charge is 0.471 e. The number of aromatic nitrogens is 1. The number of ether oxygens (including phenoxy) is 1. The van der Waals surface area contributed by atoms with E-state index in [9.17, 15) is 9.90 Å². The normalized spacial score (nSPS) is 23.4. The van der Waals surface area contributed by atoms with Crippen molar-refractivity contribution in [1.82, 2.24) is 9.88 Å². The topological polar surface area (TPSA) is 62.7 Å². The molecule has 4 rings (SSSR count). The van der Waals surface area contributed by atoms with E-state index in [0.717, 1.165) is 36.1 Å². The van der Waals surface area contributed by atoms with Crippen molar-refractivity contribution in [3.8, 4) is 5.88 Å². The Morgan fingerprint density at radius 1 is 1.33 bits per heavy atom. The number of pyridine rings is 1. The van der Waals surface area contributed by atoms with Crippen LogP contribution < -0.4 is 4.74 Å². The number of hydrogen-bond acceptors (Lipinski definition) is 5. The fourth-order valence-corrected chi connectivity index (χ4v) is 4.16. The van der Waals surface area contributed by atoms with Crippen molar-refractivity contribution in [3.63, 3.8) is 0 Å². The first-order valence-electron chi connectivity index (χ1n) is 8.36. The second-order valence-corrected chi connectivity index (χ2v) is 7.43. The Labute approximate surface area is 144 Å². The van der Waals surface area contributed by atoms with Gasteiger partial charge in [0.1, 0.15) is 11.7 Å². The summed E-state index contributed by atoms with van der Waals surface area (Å²) in [6, 6.07) is 5.91. The van der Waals surface area contributed by atoms with Crippen molar-refractivity contribution in [3.05, 3.63) is 45.8 Å². The van der Waals surface area contributed by atoms with E-state index >= 15 is 0 Å². The van der Waals surface area contributed by atoms with Crippen LogP contribution in [0.4, 0.5) is 0 Å². The third kappa shape index (κ3) is 2.91. The lowest BCUT2D eigenvalue weighted by molar-refractivity contribution is 0.00397. The zero-order valence-electron chi connectivity index (χ0n) is 13.4. The summed E-state index contributed by atoms with van der Waals surface area (Å²) >= 11 is 1.65. The van der Waals surface area contributed by atoms with E-state index in [-0.39, 0.29) is 12.0 Å². The third-order valence-electron chi connectivity index (χ3n) is 4.72. The van der Waals surface area contributed by atoms with Crippen LogP contribution in [0.3, 0.4) is 0 Å². The number of carbonyl (C=O) groups is 1. The number of aliphatic hydroxyl groups excluding tert-OH is 1. The molecule has 2 unspecified atom stereocenters. The number of fused-ring (bicyclic) bond motifs is 1. The molecule has 5 nitrogen and oxygen atoms in total. The predicted octanol–water partition coefficient (Wildman–Crippen LogP) is 2.98. The number of thiophene rings is 1. The quantitative estimate of drug-likeness (QED) is 0.926. The van der Waals surface area contributed by atoms with Crippen molar-refractivity contribution >= 4 is 17.2 Å². The Morgan fingerprint density at radius 3 is 3.00 bits per heavy atom. The molecule has 0 aromatic carbocycles. The summed E-state index contributed by atoms with van der Waals surface area (Å²) in [7, 11) is 0. The molecule has 2 aromatic heterocycles. The first kappa shape index (κ1) is 15.6. The fourth-order valence-electron chi connectivity index (χ4n) is 3.44. The van der Waals surface area contributed by atoms with Crippen LogP contribution in [0.25, 0.3) is 0 Å². The maximum Gasteiger partial charge on any atom is 0.260 e. The minimum atomic E-state index is -0.477. The van der Waals surface area contributed by atoms with Crippen molar-refractivity contribution in [2.24, 2.45) is 0 Å². The van der Waals surface area contributed by atoms with Crippen LogP contribution in [0.1, 0.15) is 46.5 Å². The average molecular weight is 344 g/mol. The number of nitrogens with zero attached hydrogens (tertiary/aromatic N) is 2. The molecule has 2 atom stereocenters. The van der Waals surface area contributed by atoms with Gasteiger partial charge in [0, 0.05) is 17.6 Å². The summed E-state index contributed by atoms with van der Waals surface area (Å²) in [6.45, 7) is 1.19. The Kier molecular flexibility index (Phi) is 4.24. The first-order valence-corrected chi connectivity index (χ1v) is 9.24. The Bertz CT molecular complexity index is 732. The second-order valence-electron chi connectivity index (χ2n) is 6.40. The van der Waals surface area contributed by atoms with Gasteiger partial charge in [0.15, 0.2) is 0 Å². The van der Waals surface area contributed by atoms with Crippen LogP contribution in [0, 0.1) is 0 Å². The van der Waals surface area contributed by atoms with Crippen LogP contribution in [0.15, 0.2) is 29.8 Å². The van der Waals surface area contributed by atoms with E-state index in [1.54, 1.807) is 17.5 Å². The van der Waals surface area contributed by atoms with Crippen LogP contribution >= 0.6 is 11.3 Å². The SMILES string of the molecule is O=C1c2c(ccnc2OC2CCCCC2O)CN1Cc1cccs1. The molecule has 1 fully saturated rings. The molecule has 6 heteroatoms. The molecule has 2 aliphatic rings. The van der Waals surface area contributed by atoms with Gasteiger partial charge in [-0.15, -0.1) is 11.3 Å². The summed E-state index contributed by atoms with van der Waals surface area (Å²) < 4.78 is 5.96. The lowest BCUT2D eigenvalue weighted by Crippen LogP contribution is -2.35. The van der Waals surface area contributed by atoms with Crippen LogP contribution in [0.2, 0.25) is 0 Å². The standard InChI is InChI=1S/C18H20N2O3S/c21-14-5-1-2-6-15(14)23-17-16-12(7-8-19-17)10-20(18(16)22)11-13-4-3-9-24-13/h3-4,7-9,14-15,21H,1-2,5-6,10-11H2. The number of rotatable bonds is 4. The molecule has 0 bridgehead atoms. The first-order chi connectivity index (χ1) is 11.7. The predicted molar refractivity (Wildman–Crippen MR) is 91.0 cm³/mol. The Morgan fingerprint density at radius 2 is 2.21 bits per heavy atom. The van der Waals surface area contributed by atoms with Crippen LogP contribution in [0.5, 0.6) is 5.88 Å². The zero-order chi connectivity index (χ0) is 16.5. The third-order valence-corrected chi connectivity index (χ3v) is 5.58. The second kappa shape index (κ2) is 6.53.